The number of hydrogen-bond acceptors (Lipinski definition) is 23. The van der Waals surface area contributed by atoms with Crippen molar-refractivity contribution in [2.75, 3.05) is 58.2 Å². The van der Waals surface area contributed by atoms with Gasteiger partial charge >= 0.3 is 5.97 Å². The predicted molar refractivity (Wildman–Crippen MR) is 466 cm³/mol. The van der Waals surface area contributed by atoms with Gasteiger partial charge in [-0.2, -0.15) is 12.6 Å². The lowest BCUT2D eigenvalue weighted by molar-refractivity contribution is -0.148. The minimum Gasteiger partial charge on any atom is -0.508 e. The Kier molecular flexibility index (Phi) is 43.0. The number of aliphatic hydroxyl groups excluding tert-OH is 2. The van der Waals surface area contributed by atoms with Gasteiger partial charge in [-0.1, -0.05) is 123 Å². The minimum absolute atomic E-state index is 0.0507. The Balaban J connectivity index is 1.12. The fourth-order valence-corrected chi connectivity index (χ4v) is 14.4. The van der Waals surface area contributed by atoms with Crippen LogP contribution in [0.15, 0.2) is 115 Å². The summed E-state index contributed by atoms with van der Waals surface area (Å²) in [6, 6.07) is 11.3. The molecular weight excluding hydrogens is 1650 g/mol. The quantitative estimate of drug-likeness (QED) is 0.00853. The van der Waals surface area contributed by atoms with Crippen LogP contribution < -0.4 is 97.4 Å². The second kappa shape index (κ2) is 52.9. The number of aliphatic carboxylic acids is 1. The fraction of sp³-hybridized carbons (Fsp3) is 0.512. The molecule has 688 valence electrons. The number of aliphatic hydroxyl groups is 2. The van der Waals surface area contributed by atoms with Gasteiger partial charge in [-0.05, 0) is 124 Å². The van der Waals surface area contributed by atoms with Crippen molar-refractivity contribution in [1.82, 2.24) is 84.2 Å². The van der Waals surface area contributed by atoms with Gasteiger partial charge in [-0.15, -0.1) is 0 Å². The summed E-state index contributed by atoms with van der Waals surface area (Å²) in [4.78, 5) is 214. The van der Waals surface area contributed by atoms with Gasteiger partial charge in [0.2, 0.25) is 82.7 Å². The average Bonchev–Trinajstić information content (AvgIpc) is 1.67. The molecule has 2 aliphatic heterocycles. The number of nitrogens with one attached hydrogen (secondary N) is 16. The average molecular weight is 1780 g/mol. The first-order valence-electron chi connectivity index (χ1n) is 41.9. The summed E-state index contributed by atoms with van der Waals surface area (Å²) in [6.07, 6.45) is 2.27. The summed E-state index contributed by atoms with van der Waals surface area (Å²) in [5.41, 5.74) is 24.6. The van der Waals surface area contributed by atoms with E-state index in [0.29, 0.717) is 67.3 Å². The van der Waals surface area contributed by atoms with Crippen molar-refractivity contribution in [2.45, 2.75) is 208 Å². The van der Waals surface area contributed by atoms with E-state index in [1.54, 1.807) is 105 Å². The Morgan fingerprint density at radius 1 is 0.444 bits per heavy atom. The lowest BCUT2D eigenvalue weighted by Crippen LogP contribution is -2.61. The van der Waals surface area contributed by atoms with Gasteiger partial charge in [0.15, 0.2) is 11.9 Å². The predicted octanol–water partition coefficient (Wildman–Crippen LogP) is -4.86. The molecule has 2 aliphatic rings. The highest BCUT2D eigenvalue weighted by Gasteiger charge is 2.45. The van der Waals surface area contributed by atoms with E-state index in [1.807, 2.05) is 0 Å². The number of carbonyl (C=O) groups excluding carboxylic acids is 14. The number of carbonyl (C=O) groups is 15. The molecule has 14 atom stereocenters. The van der Waals surface area contributed by atoms with E-state index in [2.05, 4.69) is 87.1 Å². The molecule has 0 bridgehead atoms. The number of hydrogen-bond donors (Lipinski definition) is 25. The molecule has 42 heteroatoms. The molecule has 0 unspecified atom stereocenters. The molecule has 0 saturated carbocycles. The Morgan fingerprint density at radius 3 is 1.33 bits per heavy atom. The fourth-order valence-electron chi connectivity index (χ4n) is 14.1. The molecule has 2 heterocycles. The molecule has 0 aromatic heterocycles. The van der Waals surface area contributed by atoms with Crippen LogP contribution in [0.5, 0.6) is 5.75 Å². The lowest BCUT2D eigenvalue weighted by Gasteiger charge is -2.33. The van der Waals surface area contributed by atoms with Gasteiger partial charge in [0, 0.05) is 57.6 Å². The van der Waals surface area contributed by atoms with Gasteiger partial charge in [-0.25, -0.2) is 4.79 Å². The zero-order valence-electron chi connectivity index (χ0n) is 70.9. The molecule has 126 heavy (non-hydrogen) atoms. The number of amides is 14. The van der Waals surface area contributed by atoms with E-state index in [0.717, 1.165) is 0 Å². The van der Waals surface area contributed by atoms with Gasteiger partial charge in [-0.3, -0.25) is 77.9 Å². The molecule has 0 aliphatic carbocycles. The maximum absolute atomic E-state index is 15.0. The van der Waals surface area contributed by atoms with Crippen LogP contribution in [0.4, 0.5) is 0 Å². The Hall–Kier alpha value is -12.5. The van der Waals surface area contributed by atoms with E-state index in [4.69, 9.17) is 33.8 Å². The topological polar surface area (TPSA) is 664 Å². The maximum Gasteiger partial charge on any atom is 0.326 e. The number of benzene rings is 4. The van der Waals surface area contributed by atoms with Gasteiger partial charge in [0.1, 0.15) is 84.3 Å². The number of guanidine groups is 2. The summed E-state index contributed by atoms with van der Waals surface area (Å²) >= 11 is 4.29. The molecule has 0 radical (unpaired) electrons. The standard InChI is InChI=1S/C84H122N22O19S/c1-48(2)39-58(72(114)100-62(42-52-23-11-6-12-24-52)76(118)104-65(47-126)78(120)102-63(45-107)71(113)93-44-68(110)95-59(43-53-30-32-54(109)33-31-53)73(115)97-57(82(124)125)27-16-36-92-84(89)90)99-75(117)61(41-51-21-9-5-10-22-51)101-74(116)60(40-50-19-7-4-8-20-50)98-69(111)49(3)94-77(119)64(46-108)103-79(121)66-28-17-37-105(66)81(123)67-29-18-38-106(67)80(122)56(26-15-35-91-83(87)88)96-70(112)55(86)25-13-14-34-85/h4-12,19-24,30-33,48-49,55-67,107-109,126H,13-18,25-29,34-47,85-86H2,1-3H3,(H,93,113)(H,94,119)(H,95,110)(H,96,112)(H,97,115)(H,98,111)(H,99,117)(H,100,114)(H,101,116)(H,102,120)(H,103,121)(H,104,118)(H,124,125)(H4,87,88,91)(H4,89,90,92)/t49-,55-,56-,57-,58-,59-,60-,61-,62-,63-,64-,65-,66-,67-/m0/s1. The Bertz CT molecular complexity index is 4340. The van der Waals surface area contributed by atoms with E-state index in [9.17, 15) is 87.5 Å². The minimum atomic E-state index is -1.77. The highest BCUT2D eigenvalue weighted by atomic mass is 32.1. The third-order valence-corrected chi connectivity index (χ3v) is 21.3. The monoisotopic (exact) mass is 1770 g/mol. The summed E-state index contributed by atoms with van der Waals surface area (Å²) in [6.45, 7) is 2.90. The number of likely N-dealkylation sites (tertiary alicyclic amines) is 2. The van der Waals surface area contributed by atoms with E-state index in [-0.39, 0.29) is 114 Å². The number of carboxylic acid groups (broad SMARTS) is 1. The molecule has 6 rings (SSSR count). The van der Waals surface area contributed by atoms with Crippen LogP contribution in [0.1, 0.15) is 120 Å². The molecule has 41 nitrogen and oxygen atoms in total. The van der Waals surface area contributed by atoms with E-state index < -0.39 is 199 Å². The van der Waals surface area contributed by atoms with Gasteiger partial charge in [0.25, 0.3) is 0 Å². The third-order valence-electron chi connectivity index (χ3n) is 20.9. The first-order valence-corrected chi connectivity index (χ1v) is 42.6. The number of nitrogens with two attached hydrogens (primary N) is 4. The highest BCUT2D eigenvalue weighted by Crippen LogP contribution is 2.27. The Labute approximate surface area is 735 Å². The zero-order chi connectivity index (χ0) is 92.5. The maximum atomic E-state index is 15.0. The van der Waals surface area contributed by atoms with Crippen LogP contribution in [0.25, 0.3) is 0 Å². The third kappa shape index (κ3) is 34.2. The van der Waals surface area contributed by atoms with Crippen molar-refractivity contribution in [2.24, 2.45) is 28.9 Å². The molecule has 2 fully saturated rings. The summed E-state index contributed by atoms with van der Waals surface area (Å²) in [5, 5.41) is 91.4. The number of thiol groups is 1. The lowest BCUT2D eigenvalue weighted by atomic mass is 9.99. The van der Waals surface area contributed by atoms with Crippen LogP contribution >= 0.6 is 12.6 Å². The first kappa shape index (κ1) is 102. The van der Waals surface area contributed by atoms with Crippen LogP contribution in [0, 0.1) is 16.7 Å². The summed E-state index contributed by atoms with van der Waals surface area (Å²) in [7, 11) is 0. The number of nitrogens with zero attached hydrogens (tertiary/aromatic N) is 2. The zero-order valence-corrected chi connectivity index (χ0v) is 71.8. The van der Waals surface area contributed by atoms with Crippen molar-refractivity contribution >= 4 is 113 Å². The molecule has 4 aromatic rings. The number of phenolic OH excluding ortho intramolecular Hbond substituents is 1. The number of unbranched alkanes of at least 4 members (excludes halogenated alkanes) is 1. The van der Waals surface area contributed by atoms with Crippen molar-refractivity contribution in [3.63, 3.8) is 0 Å². The number of aromatic hydroxyl groups is 1. The van der Waals surface area contributed by atoms with Crippen LogP contribution in [0.3, 0.4) is 0 Å². The molecular formula is C84H122N22O19S. The second-order valence-corrected chi connectivity index (χ2v) is 31.7. The van der Waals surface area contributed by atoms with Crippen molar-refractivity contribution in [3.05, 3.63) is 138 Å². The van der Waals surface area contributed by atoms with Crippen LogP contribution in [-0.4, -0.2) is 274 Å². The number of phenols is 1. The molecule has 2 saturated heterocycles. The highest BCUT2D eigenvalue weighted by molar-refractivity contribution is 7.80. The largest absolute Gasteiger partial charge is 0.508 e. The first-order chi connectivity index (χ1) is 60.1. The molecule has 0 spiro atoms. The molecule has 4 aromatic carbocycles. The number of carboxylic acids is 1. The second-order valence-electron chi connectivity index (χ2n) is 31.3. The molecule has 14 amide bonds. The van der Waals surface area contributed by atoms with Gasteiger partial charge in [0.05, 0.1) is 25.8 Å². The number of rotatable bonds is 52. The Morgan fingerprint density at radius 2 is 0.849 bits per heavy atom. The van der Waals surface area contributed by atoms with Gasteiger partial charge < -0.3 is 128 Å². The van der Waals surface area contributed by atoms with Crippen LogP contribution in [0.2, 0.25) is 0 Å². The summed E-state index contributed by atoms with van der Waals surface area (Å²) in [5.74, 6) is -15.1. The van der Waals surface area contributed by atoms with Crippen molar-refractivity contribution < 1.29 is 92.3 Å². The summed E-state index contributed by atoms with van der Waals surface area (Å²) < 4.78 is 0. The van der Waals surface area contributed by atoms with E-state index >= 15 is 4.79 Å². The molecule has 28 N–H and O–H groups in total. The van der Waals surface area contributed by atoms with Crippen LogP contribution in [-0.2, 0) is 97.6 Å². The van der Waals surface area contributed by atoms with Crippen molar-refractivity contribution in [1.29, 1.82) is 10.8 Å². The van der Waals surface area contributed by atoms with E-state index in [1.165, 1.54) is 41.0 Å². The van der Waals surface area contributed by atoms with Crippen molar-refractivity contribution in [3.8, 4) is 5.75 Å². The smallest absolute Gasteiger partial charge is 0.326 e. The SMILES string of the molecule is CC(C)C[C@H](NC(=O)[C@H](Cc1ccccc1)NC(=O)[C@H](Cc1ccccc1)NC(=O)[C@H](C)NC(=O)[C@H](CO)NC(=O)[C@@H]1CCCN1C(=O)[C@@H]1CCCN1C(=O)[C@H](CCCNC(=N)N)NC(=O)[C@@H](N)CCCCN)C(=O)N[C@@H](Cc1ccccc1)C(=O)N[C@@H](CS)C(=O)N[C@@H](CO)C(=O)NCC(=O)N[C@@H](Cc1ccc(O)cc1)C(=O)N[C@@H](CCCNC(=N)N)C(=O)O. The normalized spacial score (nSPS) is 16.4.